The largest absolute Gasteiger partial charge is 0.476 e. The number of likely N-dealkylation sites (N-methyl/N-ethyl adjacent to an activating group) is 1. The standard InChI is InChI=1S/C12H14N4O3S/c1-3-15(2)9(17)7-16-11(8-5-4-6-20-8)10(12(18)19)13-14-16/h4-6H,3,7H2,1-2H3,(H,18,19). The van der Waals surface area contributed by atoms with Crippen LogP contribution in [0.4, 0.5) is 0 Å². The van der Waals surface area contributed by atoms with Gasteiger partial charge in [0.25, 0.3) is 0 Å². The lowest BCUT2D eigenvalue weighted by Crippen LogP contribution is -2.30. The van der Waals surface area contributed by atoms with Crippen LogP contribution in [0.3, 0.4) is 0 Å². The minimum absolute atomic E-state index is 0.0299. The van der Waals surface area contributed by atoms with Crippen LogP contribution < -0.4 is 0 Å². The number of amides is 1. The molecule has 0 unspecified atom stereocenters. The molecule has 0 saturated heterocycles. The second-order valence-corrected chi connectivity index (χ2v) is 5.08. The molecule has 2 rings (SSSR count). The molecular weight excluding hydrogens is 280 g/mol. The van der Waals surface area contributed by atoms with Crippen molar-refractivity contribution in [3.05, 3.63) is 23.2 Å². The van der Waals surface area contributed by atoms with Gasteiger partial charge in [-0.3, -0.25) is 4.79 Å². The Morgan fingerprint density at radius 2 is 2.25 bits per heavy atom. The Balaban J connectivity index is 2.39. The van der Waals surface area contributed by atoms with E-state index in [0.29, 0.717) is 12.2 Å². The summed E-state index contributed by atoms with van der Waals surface area (Å²) < 4.78 is 1.34. The number of hydrogen-bond donors (Lipinski definition) is 1. The van der Waals surface area contributed by atoms with E-state index in [0.717, 1.165) is 4.88 Å². The Morgan fingerprint density at radius 3 is 2.80 bits per heavy atom. The summed E-state index contributed by atoms with van der Waals surface area (Å²) in [5.41, 5.74) is 0.227. The van der Waals surface area contributed by atoms with E-state index in [9.17, 15) is 9.59 Å². The fourth-order valence-electron chi connectivity index (χ4n) is 1.65. The molecule has 0 radical (unpaired) electrons. The number of carboxylic acids is 1. The van der Waals surface area contributed by atoms with Crippen molar-refractivity contribution in [2.24, 2.45) is 0 Å². The number of rotatable bonds is 5. The van der Waals surface area contributed by atoms with E-state index in [-0.39, 0.29) is 18.1 Å². The lowest BCUT2D eigenvalue weighted by atomic mass is 10.2. The number of aromatic nitrogens is 3. The number of thiophene rings is 1. The van der Waals surface area contributed by atoms with Crippen LogP contribution in [0.15, 0.2) is 17.5 Å². The lowest BCUT2D eigenvalue weighted by molar-refractivity contribution is -0.130. The molecule has 2 heterocycles. The molecule has 106 valence electrons. The number of hydrogen-bond acceptors (Lipinski definition) is 5. The van der Waals surface area contributed by atoms with Gasteiger partial charge in [0.15, 0.2) is 5.69 Å². The average Bonchev–Trinajstić information content (AvgIpc) is 3.05. The molecular formula is C12H14N4O3S. The maximum absolute atomic E-state index is 11.9. The van der Waals surface area contributed by atoms with Gasteiger partial charge in [-0.1, -0.05) is 11.3 Å². The molecule has 0 aliphatic carbocycles. The van der Waals surface area contributed by atoms with Crippen LogP contribution in [0.1, 0.15) is 17.4 Å². The molecule has 0 saturated carbocycles. The van der Waals surface area contributed by atoms with E-state index >= 15 is 0 Å². The first-order valence-electron chi connectivity index (χ1n) is 5.99. The number of nitrogens with zero attached hydrogens (tertiary/aromatic N) is 4. The summed E-state index contributed by atoms with van der Waals surface area (Å²) in [5.74, 6) is -1.30. The normalized spacial score (nSPS) is 10.5. The summed E-state index contributed by atoms with van der Waals surface area (Å²) in [7, 11) is 1.68. The van der Waals surface area contributed by atoms with Gasteiger partial charge >= 0.3 is 5.97 Å². The molecule has 7 nitrogen and oxygen atoms in total. The van der Waals surface area contributed by atoms with Gasteiger partial charge < -0.3 is 10.0 Å². The Labute approximate surface area is 119 Å². The predicted molar refractivity (Wildman–Crippen MR) is 73.6 cm³/mol. The van der Waals surface area contributed by atoms with Gasteiger partial charge in [0.1, 0.15) is 12.2 Å². The van der Waals surface area contributed by atoms with Crippen molar-refractivity contribution in [3.8, 4) is 10.6 Å². The van der Waals surface area contributed by atoms with Crippen LogP contribution in [0.2, 0.25) is 0 Å². The third-order valence-electron chi connectivity index (χ3n) is 2.88. The predicted octanol–water partition coefficient (Wildman–Crippen LogP) is 1.18. The summed E-state index contributed by atoms with van der Waals surface area (Å²) in [5, 5.41) is 18.4. The van der Waals surface area contributed by atoms with Crippen molar-refractivity contribution in [2.45, 2.75) is 13.5 Å². The van der Waals surface area contributed by atoms with Crippen LogP contribution in [0.25, 0.3) is 10.6 Å². The van der Waals surface area contributed by atoms with Crippen LogP contribution in [0.5, 0.6) is 0 Å². The first kappa shape index (κ1) is 14.2. The third-order valence-corrected chi connectivity index (χ3v) is 3.75. The maximum Gasteiger partial charge on any atom is 0.358 e. The number of carbonyl (C=O) groups excluding carboxylic acids is 1. The molecule has 2 aromatic heterocycles. The quantitative estimate of drug-likeness (QED) is 0.894. The second kappa shape index (κ2) is 5.83. The Hall–Kier alpha value is -2.22. The van der Waals surface area contributed by atoms with Crippen molar-refractivity contribution in [1.82, 2.24) is 19.9 Å². The molecule has 2 aromatic rings. The van der Waals surface area contributed by atoms with Crippen LogP contribution in [-0.4, -0.2) is 50.5 Å². The third kappa shape index (κ3) is 2.69. The Bertz CT molecular complexity index is 621. The van der Waals surface area contributed by atoms with Gasteiger partial charge in [0.05, 0.1) is 4.88 Å². The SMILES string of the molecule is CCN(C)C(=O)Cn1nnc(C(=O)O)c1-c1cccs1. The van der Waals surface area contributed by atoms with Crippen molar-refractivity contribution >= 4 is 23.2 Å². The fourth-order valence-corrected chi connectivity index (χ4v) is 2.42. The van der Waals surface area contributed by atoms with Gasteiger partial charge in [0, 0.05) is 13.6 Å². The molecule has 0 atom stereocenters. The summed E-state index contributed by atoms with van der Waals surface area (Å²) in [4.78, 5) is 25.4. The first-order valence-corrected chi connectivity index (χ1v) is 6.87. The number of carboxylic acid groups (broad SMARTS) is 1. The summed E-state index contributed by atoms with van der Waals surface area (Å²) in [6, 6.07) is 3.59. The molecule has 0 aliphatic heterocycles. The van der Waals surface area contributed by atoms with Crippen molar-refractivity contribution < 1.29 is 14.7 Å². The maximum atomic E-state index is 11.9. The minimum Gasteiger partial charge on any atom is -0.476 e. The molecule has 1 N–H and O–H groups in total. The van der Waals surface area contributed by atoms with Crippen molar-refractivity contribution in [3.63, 3.8) is 0 Å². The highest BCUT2D eigenvalue weighted by Gasteiger charge is 2.23. The molecule has 0 fully saturated rings. The molecule has 8 heteroatoms. The van der Waals surface area contributed by atoms with Gasteiger partial charge in [0.2, 0.25) is 5.91 Å². The molecule has 0 aromatic carbocycles. The smallest absolute Gasteiger partial charge is 0.358 e. The second-order valence-electron chi connectivity index (χ2n) is 4.13. The van der Waals surface area contributed by atoms with E-state index in [2.05, 4.69) is 10.3 Å². The molecule has 0 spiro atoms. The molecule has 0 bridgehead atoms. The number of aromatic carboxylic acids is 1. The zero-order valence-corrected chi connectivity index (χ0v) is 11.9. The topological polar surface area (TPSA) is 88.3 Å². The molecule has 0 aliphatic rings. The van der Waals surface area contributed by atoms with Gasteiger partial charge in [-0.15, -0.1) is 16.4 Å². The van der Waals surface area contributed by atoms with Crippen LogP contribution >= 0.6 is 11.3 Å². The minimum atomic E-state index is -1.16. The van der Waals surface area contributed by atoms with Gasteiger partial charge in [-0.2, -0.15) is 0 Å². The highest BCUT2D eigenvalue weighted by molar-refractivity contribution is 7.13. The highest BCUT2D eigenvalue weighted by atomic mass is 32.1. The van der Waals surface area contributed by atoms with Crippen molar-refractivity contribution in [2.75, 3.05) is 13.6 Å². The van der Waals surface area contributed by atoms with Crippen LogP contribution in [-0.2, 0) is 11.3 Å². The Morgan fingerprint density at radius 1 is 1.50 bits per heavy atom. The van der Waals surface area contributed by atoms with E-state index < -0.39 is 5.97 Å². The monoisotopic (exact) mass is 294 g/mol. The lowest BCUT2D eigenvalue weighted by Gasteiger charge is -2.14. The molecule has 20 heavy (non-hydrogen) atoms. The summed E-state index contributed by atoms with van der Waals surface area (Å²) >= 11 is 1.38. The fraction of sp³-hybridized carbons (Fsp3) is 0.333. The van der Waals surface area contributed by atoms with E-state index in [1.54, 1.807) is 18.0 Å². The van der Waals surface area contributed by atoms with E-state index in [4.69, 9.17) is 5.11 Å². The number of carbonyl (C=O) groups is 2. The molecule has 1 amide bonds. The first-order chi connectivity index (χ1) is 9.54. The highest BCUT2D eigenvalue weighted by Crippen LogP contribution is 2.27. The van der Waals surface area contributed by atoms with E-state index in [1.165, 1.54) is 16.0 Å². The average molecular weight is 294 g/mol. The van der Waals surface area contributed by atoms with Gasteiger partial charge in [-0.25, -0.2) is 9.48 Å². The van der Waals surface area contributed by atoms with Crippen LogP contribution in [0, 0.1) is 0 Å². The van der Waals surface area contributed by atoms with Crippen molar-refractivity contribution in [1.29, 1.82) is 0 Å². The summed E-state index contributed by atoms with van der Waals surface area (Å²) in [6.45, 7) is 2.41. The summed E-state index contributed by atoms with van der Waals surface area (Å²) in [6.07, 6.45) is 0. The van der Waals surface area contributed by atoms with Gasteiger partial charge in [-0.05, 0) is 18.4 Å². The zero-order valence-electron chi connectivity index (χ0n) is 11.1. The zero-order chi connectivity index (χ0) is 14.7. The van der Waals surface area contributed by atoms with E-state index in [1.807, 2.05) is 18.4 Å². The Kier molecular flexibility index (Phi) is 4.14.